The number of hydrogen-bond acceptors (Lipinski definition) is 3. The Balaban J connectivity index is 2.16. The molecule has 1 aromatic carbocycles. The number of aliphatic carboxylic acids is 1. The summed E-state index contributed by atoms with van der Waals surface area (Å²) in [5, 5.41) is 13.5. The van der Waals surface area contributed by atoms with Crippen LogP contribution in [0.2, 0.25) is 0 Å². The summed E-state index contributed by atoms with van der Waals surface area (Å²) in [5.41, 5.74) is 2.37. The minimum absolute atomic E-state index is 0.0288. The molecular formula is C16H22N2O2. The third kappa shape index (κ3) is 3.20. The number of anilines is 2. The zero-order valence-corrected chi connectivity index (χ0v) is 12.1. The number of carboxylic acid groups (broad SMARTS) is 1. The van der Waals surface area contributed by atoms with Crippen molar-refractivity contribution in [2.24, 2.45) is 0 Å². The molecule has 1 heterocycles. The van der Waals surface area contributed by atoms with E-state index in [9.17, 15) is 4.79 Å². The molecule has 2 rings (SSSR count). The Bertz CT molecular complexity index is 476. The molecule has 0 saturated heterocycles. The van der Waals surface area contributed by atoms with Gasteiger partial charge < -0.3 is 5.11 Å². The van der Waals surface area contributed by atoms with Gasteiger partial charge in [-0.2, -0.15) is 0 Å². The van der Waals surface area contributed by atoms with Crippen LogP contribution in [0.25, 0.3) is 0 Å². The second kappa shape index (κ2) is 6.57. The van der Waals surface area contributed by atoms with Gasteiger partial charge in [0, 0.05) is 12.6 Å². The molecule has 4 heteroatoms. The van der Waals surface area contributed by atoms with E-state index in [1.165, 1.54) is 11.4 Å². The van der Waals surface area contributed by atoms with Crippen molar-refractivity contribution in [2.75, 3.05) is 11.6 Å². The minimum Gasteiger partial charge on any atom is -0.481 e. The van der Waals surface area contributed by atoms with E-state index in [0.717, 1.165) is 19.4 Å². The van der Waals surface area contributed by atoms with Gasteiger partial charge in [0.2, 0.25) is 0 Å². The SMILES string of the molecule is C/C=C/CN(C(CCC)CC(=O)O)N1c2ccccc21. The molecule has 0 aliphatic carbocycles. The van der Waals surface area contributed by atoms with Crippen molar-refractivity contribution in [3.8, 4) is 0 Å². The number of rotatable bonds is 8. The lowest BCUT2D eigenvalue weighted by Crippen LogP contribution is -2.42. The van der Waals surface area contributed by atoms with Crippen molar-refractivity contribution in [1.29, 1.82) is 0 Å². The average Bonchev–Trinajstić information content (AvgIpc) is 3.13. The fourth-order valence-corrected chi connectivity index (χ4v) is 2.56. The Morgan fingerprint density at radius 2 is 2.05 bits per heavy atom. The average molecular weight is 274 g/mol. The van der Waals surface area contributed by atoms with Crippen LogP contribution in [0.5, 0.6) is 0 Å². The van der Waals surface area contributed by atoms with Crippen molar-refractivity contribution < 1.29 is 9.90 Å². The zero-order chi connectivity index (χ0) is 14.5. The van der Waals surface area contributed by atoms with Crippen LogP contribution in [0, 0.1) is 0 Å². The normalized spacial score (nSPS) is 14.7. The minimum atomic E-state index is -0.736. The highest BCUT2D eigenvalue weighted by atomic mass is 16.4. The van der Waals surface area contributed by atoms with Crippen molar-refractivity contribution in [1.82, 2.24) is 5.01 Å². The second-order valence-corrected chi connectivity index (χ2v) is 5.03. The van der Waals surface area contributed by atoms with E-state index in [1.807, 2.05) is 25.1 Å². The Labute approximate surface area is 120 Å². The van der Waals surface area contributed by atoms with Gasteiger partial charge in [0.05, 0.1) is 17.8 Å². The number of hydrazine groups is 1. The number of fused-ring (bicyclic) bond motifs is 1. The Hall–Kier alpha value is -1.81. The highest BCUT2D eigenvalue weighted by Crippen LogP contribution is 2.49. The third-order valence-electron chi connectivity index (χ3n) is 3.53. The van der Waals surface area contributed by atoms with Crippen molar-refractivity contribution in [2.45, 2.75) is 39.2 Å². The molecule has 0 saturated carbocycles. The van der Waals surface area contributed by atoms with Crippen LogP contribution in [-0.2, 0) is 4.79 Å². The van der Waals surface area contributed by atoms with E-state index in [4.69, 9.17) is 5.11 Å². The van der Waals surface area contributed by atoms with Gasteiger partial charge in [-0.1, -0.05) is 37.6 Å². The van der Waals surface area contributed by atoms with E-state index >= 15 is 0 Å². The number of hydrogen-bond donors (Lipinski definition) is 1. The maximum atomic E-state index is 11.1. The summed E-state index contributed by atoms with van der Waals surface area (Å²) in [4.78, 5) is 11.1. The quantitative estimate of drug-likeness (QED) is 0.581. The van der Waals surface area contributed by atoms with Crippen molar-refractivity contribution in [3.63, 3.8) is 0 Å². The molecule has 1 aliphatic heterocycles. The largest absolute Gasteiger partial charge is 0.481 e. The van der Waals surface area contributed by atoms with Gasteiger partial charge in [-0.15, -0.1) is 0 Å². The summed E-state index contributed by atoms with van der Waals surface area (Å²) in [5.74, 6) is -0.736. The van der Waals surface area contributed by atoms with Crippen LogP contribution in [0.15, 0.2) is 36.4 Å². The Morgan fingerprint density at radius 3 is 2.55 bits per heavy atom. The molecule has 0 bridgehead atoms. The summed E-state index contributed by atoms with van der Waals surface area (Å²) in [6.45, 7) is 4.82. The third-order valence-corrected chi connectivity index (χ3v) is 3.53. The maximum Gasteiger partial charge on any atom is 0.305 e. The number of carbonyl (C=O) groups is 1. The molecule has 20 heavy (non-hydrogen) atoms. The van der Waals surface area contributed by atoms with Crippen LogP contribution >= 0.6 is 0 Å². The fraction of sp³-hybridized carbons (Fsp3) is 0.438. The van der Waals surface area contributed by atoms with Gasteiger partial charge in [0.15, 0.2) is 0 Å². The van der Waals surface area contributed by atoms with Gasteiger partial charge >= 0.3 is 5.97 Å². The first-order valence-corrected chi connectivity index (χ1v) is 7.17. The molecule has 1 aromatic rings. The molecule has 0 fully saturated rings. The van der Waals surface area contributed by atoms with Crippen molar-refractivity contribution >= 4 is 17.3 Å². The molecule has 0 radical (unpaired) electrons. The van der Waals surface area contributed by atoms with Crippen LogP contribution in [0.3, 0.4) is 0 Å². The predicted molar refractivity (Wildman–Crippen MR) is 81.0 cm³/mol. The first kappa shape index (κ1) is 14.6. The van der Waals surface area contributed by atoms with Gasteiger partial charge in [0.1, 0.15) is 0 Å². The van der Waals surface area contributed by atoms with E-state index < -0.39 is 5.97 Å². The molecule has 1 N–H and O–H groups in total. The zero-order valence-electron chi connectivity index (χ0n) is 12.1. The second-order valence-electron chi connectivity index (χ2n) is 5.03. The van der Waals surface area contributed by atoms with Gasteiger partial charge in [-0.3, -0.25) is 9.80 Å². The standard InChI is InChI=1S/C16H22N2O2/c1-3-5-11-17(13(8-4-2)12-16(19)20)18-14-9-6-7-10-15(14)18/h3,5-7,9-10,13H,4,8,11-12H2,1-2H3,(H,19,20)/b5-3+. The molecule has 0 amide bonds. The predicted octanol–water partition coefficient (Wildman–Crippen LogP) is 3.57. The Morgan fingerprint density at radius 1 is 1.40 bits per heavy atom. The molecule has 1 unspecified atom stereocenters. The van der Waals surface area contributed by atoms with E-state index in [1.54, 1.807) is 0 Å². The van der Waals surface area contributed by atoms with Gasteiger partial charge in [-0.25, -0.2) is 5.01 Å². The van der Waals surface area contributed by atoms with E-state index in [-0.39, 0.29) is 12.5 Å². The lowest BCUT2D eigenvalue weighted by Gasteiger charge is -2.31. The van der Waals surface area contributed by atoms with Gasteiger partial charge in [-0.05, 0) is 25.5 Å². The number of allylic oxidation sites excluding steroid dienone is 1. The molecule has 1 aliphatic rings. The van der Waals surface area contributed by atoms with E-state index in [0.29, 0.717) is 0 Å². The molecule has 0 aromatic heterocycles. The number of para-hydroxylation sites is 2. The highest BCUT2D eigenvalue weighted by molar-refractivity contribution is 5.91. The topological polar surface area (TPSA) is 43.6 Å². The molecule has 108 valence electrons. The summed E-state index contributed by atoms with van der Waals surface area (Å²) >= 11 is 0. The number of nitrogens with zero attached hydrogens (tertiary/aromatic N) is 2. The summed E-state index contributed by atoms with van der Waals surface area (Å²) < 4.78 is 0. The Kier molecular flexibility index (Phi) is 4.79. The molecule has 4 nitrogen and oxygen atoms in total. The van der Waals surface area contributed by atoms with Crippen molar-refractivity contribution in [3.05, 3.63) is 36.4 Å². The number of benzene rings is 1. The highest BCUT2D eigenvalue weighted by Gasteiger charge is 2.37. The van der Waals surface area contributed by atoms with Crippen LogP contribution in [0.4, 0.5) is 11.4 Å². The number of carboxylic acids is 1. The molecule has 1 atom stereocenters. The summed E-state index contributed by atoms with van der Waals surface area (Å²) in [7, 11) is 0. The summed E-state index contributed by atoms with van der Waals surface area (Å²) in [6, 6.07) is 8.20. The van der Waals surface area contributed by atoms with Gasteiger partial charge in [0.25, 0.3) is 0 Å². The summed E-state index contributed by atoms with van der Waals surface area (Å²) in [6.07, 6.45) is 6.12. The first-order valence-electron chi connectivity index (χ1n) is 7.17. The van der Waals surface area contributed by atoms with E-state index in [2.05, 4.69) is 35.2 Å². The lowest BCUT2D eigenvalue weighted by molar-refractivity contribution is -0.138. The fourth-order valence-electron chi connectivity index (χ4n) is 2.56. The smallest absolute Gasteiger partial charge is 0.305 e. The maximum absolute atomic E-state index is 11.1. The van der Waals surface area contributed by atoms with Crippen LogP contribution < -0.4 is 5.01 Å². The monoisotopic (exact) mass is 274 g/mol. The first-order chi connectivity index (χ1) is 9.69. The molecule has 0 spiro atoms. The molecular weight excluding hydrogens is 252 g/mol. The lowest BCUT2D eigenvalue weighted by atomic mass is 10.1. The van der Waals surface area contributed by atoms with Crippen LogP contribution in [0.1, 0.15) is 33.1 Å². The van der Waals surface area contributed by atoms with Crippen LogP contribution in [-0.4, -0.2) is 28.7 Å².